The molecule has 0 saturated carbocycles. The zero-order valence-corrected chi connectivity index (χ0v) is 12.9. The largest absolute Gasteiger partial charge is 0.348 e. The lowest BCUT2D eigenvalue weighted by atomic mass is 10.1. The Bertz CT molecular complexity index is 352. The molecule has 0 radical (unpaired) electrons. The zero-order chi connectivity index (χ0) is 14.3. The van der Waals surface area contributed by atoms with Gasteiger partial charge in [-0.15, -0.1) is 0 Å². The number of sulfonamides is 1. The average molecular weight is 278 g/mol. The van der Waals surface area contributed by atoms with Gasteiger partial charge in [0.25, 0.3) is 0 Å². The Hall–Kier alpha value is -0.620. The molecule has 0 aromatic heterocycles. The van der Waals surface area contributed by atoms with E-state index in [0.29, 0.717) is 0 Å². The summed E-state index contributed by atoms with van der Waals surface area (Å²) in [7, 11) is -0.473. The third-order valence-corrected chi connectivity index (χ3v) is 4.72. The maximum absolute atomic E-state index is 12.0. The van der Waals surface area contributed by atoms with E-state index in [4.69, 9.17) is 0 Å². The molecular weight excluding hydrogens is 252 g/mol. The summed E-state index contributed by atoms with van der Waals surface area (Å²) in [6, 6.07) is -0.126. The summed E-state index contributed by atoms with van der Waals surface area (Å²) in [5.74, 6) is -0.400. The fourth-order valence-electron chi connectivity index (χ4n) is 1.64. The molecular formula is C12H26N2O3S. The lowest BCUT2D eigenvalue weighted by Crippen LogP contribution is -2.45. The summed E-state index contributed by atoms with van der Waals surface area (Å²) in [5, 5.41) is -1.04. The van der Waals surface area contributed by atoms with Crippen LogP contribution in [0.15, 0.2) is 0 Å². The highest BCUT2D eigenvalue weighted by molar-refractivity contribution is 7.90. The van der Waals surface area contributed by atoms with Gasteiger partial charge in [-0.05, 0) is 20.3 Å². The minimum absolute atomic E-state index is 0.126. The van der Waals surface area contributed by atoms with Crippen LogP contribution in [0, 0.1) is 0 Å². The van der Waals surface area contributed by atoms with E-state index in [2.05, 4.69) is 11.6 Å². The lowest BCUT2D eigenvalue weighted by Gasteiger charge is -2.20. The van der Waals surface area contributed by atoms with Gasteiger partial charge in [0, 0.05) is 20.1 Å². The molecule has 18 heavy (non-hydrogen) atoms. The van der Waals surface area contributed by atoms with Gasteiger partial charge in [-0.3, -0.25) is 4.79 Å². The molecule has 0 fully saturated rings. The summed E-state index contributed by atoms with van der Waals surface area (Å²) in [6.45, 7) is 5.36. The smallest absolute Gasteiger partial charge is 0.241 e. The minimum Gasteiger partial charge on any atom is -0.348 e. The normalized spacial score (nSPS) is 15.2. The van der Waals surface area contributed by atoms with Crippen LogP contribution < -0.4 is 4.72 Å². The van der Waals surface area contributed by atoms with E-state index < -0.39 is 21.2 Å². The van der Waals surface area contributed by atoms with Crippen LogP contribution in [0.2, 0.25) is 0 Å². The molecule has 0 saturated heterocycles. The van der Waals surface area contributed by atoms with E-state index in [1.807, 2.05) is 6.92 Å². The van der Waals surface area contributed by atoms with Gasteiger partial charge in [0.05, 0.1) is 0 Å². The summed E-state index contributed by atoms with van der Waals surface area (Å²) in [6.07, 6.45) is 4.00. The molecule has 0 unspecified atom stereocenters. The number of hydrogen-bond acceptors (Lipinski definition) is 3. The number of carbonyl (C=O) groups excluding carboxylic acids is 1. The molecule has 0 aliphatic rings. The molecule has 2 atom stereocenters. The van der Waals surface area contributed by atoms with Gasteiger partial charge in [-0.1, -0.05) is 26.2 Å². The summed E-state index contributed by atoms with van der Waals surface area (Å²) < 4.78 is 26.5. The molecule has 5 nitrogen and oxygen atoms in total. The third-order valence-electron chi connectivity index (χ3n) is 2.86. The molecule has 0 rings (SSSR count). The number of hydrogen-bond donors (Lipinski definition) is 1. The van der Waals surface area contributed by atoms with Crippen molar-refractivity contribution in [2.24, 2.45) is 0 Å². The van der Waals surface area contributed by atoms with Crippen molar-refractivity contribution in [3.8, 4) is 0 Å². The number of unbranched alkanes of at least 4 members (excludes halogenated alkanes) is 2. The maximum atomic E-state index is 12.0. The second-order valence-corrected chi connectivity index (χ2v) is 6.97. The van der Waals surface area contributed by atoms with Crippen molar-refractivity contribution in [2.75, 3.05) is 14.1 Å². The van der Waals surface area contributed by atoms with Gasteiger partial charge in [0.1, 0.15) is 0 Å². The van der Waals surface area contributed by atoms with Gasteiger partial charge >= 0.3 is 0 Å². The van der Waals surface area contributed by atoms with Crippen LogP contribution in [0.1, 0.15) is 46.5 Å². The Kier molecular flexibility index (Phi) is 7.47. The topological polar surface area (TPSA) is 66.5 Å². The number of rotatable bonds is 8. The van der Waals surface area contributed by atoms with Crippen LogP contribution in [-0.2, 0) is 14.8 Å². The van der Waals surface area contributed by atoms with Gasteiger partial charge in [0.15, 0.2) is 5.25 Å². The molecule has 1 N–H and O–H groups in total. The van der Waals surface area contributed by atoms with Crippen molar-refractivity contribution in [2.45, 2.75) is 57.7 Å². The molecule has 0 aliphatic heterocycles. The van der Waals surface area contributed by atoms with Crippen LogP contribution in [0.3, 0.4) is 0 Å². The Balaban J connectivity index is 4.42. The molecule has 0 aromatic carbocycles. The molecule has 0 heterocycles. The van der Waals surface area contributed by atoms with Gasteiger partial charge in [-0.25, -0.2) is 13.1 Å². The standard InChI is InChI=1S/C12H26N2O3S/c1-6-7-8-9-10(2)13-18(16,17)11(3)12(15)14(4)5/h10-11,13H,6-9H2,1-5H3/t10-,11+/m1/s1. The maximum Gasteiger partial charge on any atom is 0.241 e. The quantitative estimate of drug-likeness (QED) is 0.682. The Morgan fingerprint density at radius 3 is 2.22 bits per heavy atom. The Labute approximate surface area is 111 Å². The summed E-state index contributed by atoms with van der Waals surface area (Å²) in [5.41, 5.74) is 0. The zero-order valence-electron chi connectivity index (χ0n) is 12.1. The first kappa shape index (κ1) is 17.4. The summed E-state index contributed by atoms with van der Waals surface area (Å²) >= 11 is 0. The highest BCUT2D eigenvalue weighted by Crippen LogP contribution is 2.07. The van der Waals surface area contributed by atoms with E-state index in [-0.39, 0.29) is 6.04 Å². The second-order valence-electron chi connectivity index (χ2n) is 4.93. The predicted octanol–water partition coefficient (Wildman–Crippen LogP) is 1.35. The second kappa shape index (κ2) is 7.74. The van der Waals surface area contributed by atoms with Crippen LogP contribution in [0.5, 0.6) is 0 Å². The summed E-state index contributed by atoms with van der Waals surface area (Å²) in [4.78, 5) is 12.9. The molecule has 0 bridgehead atoms. The van der Waals surface area contributed by atoms with Crippen molar-refractivity contribution < 1.29 is 13.2 Å². The Morgan fingerprint density at radius 2 is 1.78 bits per heavy atom. The van der Waals surface area contributed by atoms with E-state index in [1.165, 1.54) is 11.8 Å². The Morgan fingerprint density at radius 1 is 1.22 bits per heavy atom. The van der Waals surface area contributed by atoms with Crippen molar-refractivity contribution in [3.63, 3.8) is 0 Å². The van der Waals surface area contributed by atoms with Gasteiger partial charge < -0.3 is 4.90 Å². The number of nitrogens with zero attached hydrogens (tertiary/aromatic N) is 1. The average Bonchev–Trinajstić information content (AvgIpc) is 2.26. The van der Waals surface area contributed by atoms with E-state index in [1.54, 1.807) is 14.1 Å². The highest BCUT2D eigenvalue weighted by Gasteiger charge is 2.29. The highest BCUT2D eigenvalue weighted by atomic mass is 32.2. The fraction of sp³-hybridized carbons (Fsp3) is 0.917. The van der Waals surface area contributed by atoms with Gasteiger partial charge in [-0.2, -0.15) is 0 Å². The third kappa shape index (κ3) is 5.82. The van der Waals surface area contributed by atoms with Gasteiger partial charge in [0.2, 0.25) is 15.9 Å². The molecule has 0 aromatic rings. The number of carbonyl (C=O) groups is 1. The van der Waals surface area contributed by atoms with Crippen LogP contribution in [-0.4, -0.2) is 44.6 Å². The molecule has 0 aliphatic carbocycles. The van der Waals surface area contributed by atoms with Crippen molar-refractivity contribution >= 4 is 15.9 Å². The molecule has 1 amide bonds. The molecule has 0 spiro atoms. The lowest BCUT2D eigenvalue weighted by molar-refractivity contribution is -0.127. The van der Waals surface area contributed by atoms with E-state index >= 15 is 0 Å². The van der Waals surface area contributed by atoms with Crippen LogP contribution in [0.25, 0.3) is 0 Å². The number of nitrogens with one attached hydrogen (secondary N) is 1. The molecule has 6 heteroatoms. The predicted molar refractivity (Wildman–Crippen MR) is 73.8 cm³/mol. The first-order valence-electron chi connectivity index (χ1n) is 6.44. The fourth-order valence-corrected chi connectivity index (χ4v) is 3.00. The molecule has 108 valence electrons. The monoisotopic (exact) mass is 278 g/mol. The number of amides is 1. The van der Waals surface area contributed by atoms with E-state index in [0.717, 1.165) is 25.7 Å². The minimum atomic E-state index is -3.58. The van der Waals surface area contributed by atoms with Crippen LogP contribution in [0.4, 0.5) is 0 Å². The first-order chi connectivity index (χ1) is 8.22. The van der Waals surface area contributed by atoms with Crippen molar-refractivity contribution in [3.05, 3.63) is 0 Å². The van der Waals surface area contributed by atoms with Crippen molar-refractivity contribution in [1.29, 1.82) is 0 Å². The van der Waals surface area contributed by atoms with Crippen molar-refractivity contribution in [1.82, 2.24) is 9.62 Å². The first-order valence-corrected chi connectivity index (χ1v) is 7.99. The van der Waals surface area contributed by atoms with E-state index in [9.17, 15) is 13.2 Å². The SMILES string of the molecule is CCCCC[C@@H](C)NS(=O)(=O)[C@@H](C)C(=O)N(C)C. The van der Waals surface area contributed by atoms with Crippen LogP contribution >= 0.6 is 0 Å².